The van der Waals surface area contributed by atoms with Crippen molar-refractivity contribution < 1.29 is 4.39 Å². The maximum absolute atomic E-state index is 13.6. The maximum atomic E-state index is 13.6. The van der Waals surface area contributed by atoms with Crippen molar-refractivity contribution >= 4 is 33.6 Å². The van der Waals surface area contributed by atoms with Crippen LogP contribution in [0.5, 0.6) is 0 Å². The summed E-state index contributed by atoms with van der Waals surface area (Å²) in [5.41, 5.74) is 13.0. The molecule has 0 saturated carbocycles. The van der Waals surface area contributed by atoms with E-state index in [0.717, 1.165) is 10.0 Å². The molecule has 0 aromatic heterocycles. The summed E-state index contributed by atoms with van der Waals surface area (Å²) < 4.78 is 14.5. The number of rotatable bonds is 1. The minimum Gasteiger partial charge on any atom is -0.396 e. The van der Waals surface area contributed by atoms with Crippen molar-refractivity contribution in [1.29, 1.82) is 0 Å². The Hall–Kier alpha value is -1.92. The Morgan fingerprint density at radius 1 is 1.25 bits per heavy atom. The van der Waals surface area contributed by atoms with E-state index in [1.807, 2.05) is 24.3 Å². The molecule has 1 aliphatic rings. The number of hydrogen-bond acceptors (Lipinski definition) is 4. The van der Waals surface area contributed by atoms with Crippen molar-refractivity contribution in [3.8, 4) is 0 Å². The summed E-state index contributed by atoms with van der Waals surface area (Å²) in [6.45, 7) is 0. The smallest absolute Gasteiger partial charge is 0.163 e. The first-order valence-electron chi connectivity index (χ1n) is 5.95. The van der Waals surface area contributed by atoms with Gasteiger partial charge in [-0.1, -0.05) is 28.1 Å². The molecule has 1 atom stereocenters. The molecule has 0 radical (unpaired) electrons. The number of fused-ring (bicyclic) bond motifs is 1. The number of hydrogen-bond donors (Lipinski definition) is 3. The monoisotopic (exact) mass is 334 g/mol. The van der Waals surface area contributed by atoms with Crippen molar-refractivity contribution in [2.75, 3.05) is 11.1 Å². The number of nitrogens with one attached hydrogen (secondary N) is 1. The largest absolute Gasteiger partial charge is 0.396 e. The fourth-order valence-corrected chi connectivity index (χ4v) is 2.65. The summed E-state index contributed by atoms with van der Waals surface area (Å²) in [7, 11) is 0. The fourth-order valence-electron chi connectivity index (χ4n) is 2.25. The zero-order valence-corrected chi connectivity index (χ0v) is 12.0. The topological polar surface area (TPSA) is 76.4 Å². The highest BCUT2D eigenvalue weighted by molar-refractivity contribution is 9.10. The molecule has 4 nitrogen and oxygen atoms in total. The van der Waals surface area contributed by atoms with E-state index in [4.69, 9.17) is 11.5 Å². The van der Waals surface area contributed by atoms with E-state index in [1.165, 1.54) is 18.5 Å². The Balaban J connectivity index is 2.23. The van der Waals surface area contributed by atoms with Gasteiger partial charge in [-0.2, -0.15) is 0 Å². The third kappa shape index (κ3) is 1.97. The van der Waals surface area contributed by atoms with Crippen molar-refractivity contribution in [2.24, 2.45) is 10.7 Å². The van der Waals surface area contributed by atoms with Crippen LogP contribution in [0.3, 0.4) is 0 Å². The summed E-state index contributed by atoms with van der Waals surface area (Å²) in [6, 6.07) is 10.4. The highest BCUT2D eigenvalue weighted by atomic mass is 79.9. The molecule has 20 heavy (non-hydrogen) atoms. The second kappa shape index (κ2) is 4.57. The summed E-state index contributed by atoms with van der Waals surface area (Å²) in [5.74, 6) is -0.483. The Kier molecular flexibility index (Phi) is 2.99. The van der Waals surface area contributed by atoms with E-state index in [9.17, 15) is 4.39 Å². The minimum absolute atomic E-state index is 0.0486. The molecule has 0 bridgehead atoms. The molecule has 1 aliphatic heterocycles. The molecule has 5 N–H and O–H groups in total. The van der Waals surface area contributed by atoms with Crippen LogP contribution in [0.1, 0.15) is 11.1 Å². The average molecular weight is 335 g/mol. The first-order chi connectivity index (χ1) is 9.50. The molecule has 2 aromatic carbocycles. The van der Waals surface area contributed by atoms with E-state index < -0.39 is 11.5 Å². The first-order valence-corrected chi connectivity index (χ1v) is 6.74. The van der Waals surface area contributed by atoms with Crippen LogP contribution in [0.15, 0.2) is 45.9 Å². The van der Waals surface area contributed by atoms with Crippen LogP contribution in [0.2, 0.25) is 0 Å². The van der Waals surface area contributed by atoms with E-state index in [2.05, 4.69) is 26.2 Å². The molecule has 1 heterocycles. The lowest BCUT2D eigenvalue weighted by Crippen LogP contribution is -2.39. The summed E-state index contributed by atoms with van der Waals surface area (Å²) >= 11 is 3.41. The average Bonchev–Trinajstić information content (AvgIpc) is 2.41. The summed E-state index contributed by atoms with van der Waals surface area (Å²) in [4.78, 5) is 4.33. The molecular weight excluding hydrogens is 323 g/mol. The normalized spacial score (nSPS) is 20.4. The van der Waals surface area contributed by atoms with Gasteiger partial charge in [0.2, 0.25) is 0 Å². The quantitative estimate of drug-likeness (QED) is 0.702. The molecule has 0 amide bonds. The van der Waals surface area contributed by atoms with Crippen LogP contribution in [0.4, 0.5) is 15.8 Å². The van der Waals surface area contributed by atoms with Crippen molar-refractivity contribution in [3.05, 3.63) is 57.8 Å². The lowest BCUT2D eigenvalue weighted by atomic mass is 9.90. The van der Waals surface area contributed by atoms with Gasteiger partial charge in [-0.05, 0) is 29.8 Å². The fraction of sp³-hybridized carbons (Fsp3) is 0.0714. The Morgan fingerprint density at radius 3 is 2.80 bits per heavy atom. The van der Waals surface area contributed by atoms with Crippen molar-refractivity contribution in [3.63, 3.8) is 0 Å². The molecule has 102 valence electrons. The number of aliphatic imine (C=N–C) groups is 1. The molecule has 1 unspecified atom stereocenters. The molecular formula is C14H12BrFN4. The lowest BCUT2D eigenvalue weighted by molar-refractivity contribution is 0.567. The predicted molar refractivity (Wildman–Crippen MR) is 82.0 cm³/mol. The molecule has 0 aliphatic carbocycles. The zero-order valence-electron chi connectivity index (χ0n) is 10.4. The van der Waals surface area contributed by atoms with Gasteiger partial charge in [0.05, 0.1) is 12.0 Å². The molecule has 0 saturated heterocycles. The van der Waals surface area contributed by atoms with Gasteiger partial charge in [0.25, 0.3) is 0 Å². The second-order valence-electron chi connectivity index (χ2n) is 4.60. The summed E-state index contributed by atoms with van der Waals surface area (Å²) in [5, 5.41) is 2.89. The van der Waals surface area contributed by atoms with Crippen molar-refractivity contribution in [1.82, 2.24) is 0 Å². The Labute approximate surface area is 123 Å². The maximum Gasteiger partial charge on any atom is 0.163 e. The van der Waals surface area contributed by atoms with Gasteiger partial charge < -0.3 is 11.1 Å². The standard InChI is InChI=1S/C14H12BrFN4/c15-9-3-1-2-8(4-9)14(18)10-5-12(17)11(16)6-13(10)19-7-20-14/h1-7H,17-18H2,(H,19,20). The number of halogens is 2. The number of benzene rings is 2. The van der Waals surface area contributed by atoms with Crippen LogP contribution < -0.4 is 16.8 Å². The minimum atomic E-state index is -1.09. The van der Waals surface area contributed by atoms with E-state index in [1.54, 1.807) is 0 Å². The SMILES string of the molecule is Nc1cc2c(cc1F)NC=NC2(N)c1cccc(Br)c1. The van der Waals surface area contributed by atoms with Gasteiger partial charge in [0, 0.05) is 15.7 Å². The highest BCUT2D eigenvalue weighted by Gasteiger charge is 2.34. The second-order valence-corrected chi connectivity index (χ2v) is 5.51. The van der Waals surface area contributed by atoms with E-state index in [-0.39, 0.29) is 5.69 Å². The number of nitrogen functional groups attached to an aromatic ring is 1. The Bertz CT molecular complexity index is 716. The molecule has 0 fully saturated rings. The molecule has 6 heteroatoms. The summed E-state index contributed by atoms with van der Waals surface area (Å²) in [6.07, 6.45) is 1.47. The van der Waals surface area contributed by atoms with Crippen LogP contribution in [0.25, 0.3) is 0 Å². The van der Waals surface area contributed by atoms with Crippen LogP contribution >= 0.6 is 15.9 Å². The van der Waals surface area contributed by atoms with E-state index in [0.29, 0.717) is 11.3 Å². The first kappa shape index (κ1) is 13.1. The lowest BCUT2D eigenvalue weighted by Gasteiger charge is -2.31. The van der Waals surface area contributed by atoms with Gasteiger partial charge in [0.1, 0.15) is 5.82 Å². The van der Waals surface area contributed by atoms with Gasteiger partial charge in [-0.15, -0.1) is 0 Å². The van der Waals surface area contributed by atoms with Crippen LogP contribution in [0, 0.1) is 5.82 Å². The highest BCUT2D eigenvalue weighted by Crippen LogP contribution is 2.38. The van der Waals surface area contributed by atoms with Crippen LogP contribution in [-0.2, 0) is 5.66 Å². The Morgan fingerprint density at radius 2 is 2.05 bits per heavy atom. The van der Waals surface area contributed by atoms with E-state index >= 15 is 0 Å². The van der Waals surface area contributed by atoms with Gasteiger partial charge >= 0.3 is 0 Å². The molecule has 3 rings (SSSR count). The van der Waals surface area contributed by atoms with Crippen LogP contribution in [-0.4, -0.2) is 6.34 Å². The third-order valence-corrected chi connectivity index (χ3v) is 3.79. The third-order valence-electron chi connectivity index (χ3n) is 3.30. The molecule has 2 aromatic rings. The zero-order chi connectivity index (χ0) is 14.3. The van der Waals surface area contributed by atoms with Crippen molar-refractivity contribution in [2.45, 2.75) is 5.66 Å². The number of nitrogens with two attached hydrogens (primary N) is 2. The van der Waals surface area contributed by atoms with Gasteiger partial charge in [-0.25, -0.2) is 9.38 Å². The number of anilines is 2. The predicted octanol–water partition coefficient (Wildman–Crippen LogP) is 2.78. The molecule has 0 spiro atoms. The van der Waals surface area contributed by atoms with Gasteiger partial charge in [0.15, 0.2) is 5.66 Å². The van der Waals surface area contributed by atoms with Gasteiger partial charge in [-0.3, -0.25) is 5.73 Å². The number of nitrogens with zero attached hydrogens (tertiary/aromatic N) is 1.